The highest BCUT2D eigenvalue weighted by Gasteiger charge is 2.48. The number of fused-ring (bicyclic) bond motifs is 1. The Hall–Kier alpha value is -0.160. The summed E-state index contributed by atoms with van der Waals surface area (Å²) in [7, 11) is 0. The summed E-state index contributed by atoms with van der Waals surface area (Å²) in [4.78, 5) is 0. The molecule has 3 atom stereocenters. The molecule has 0 aromatic rings. The van der Waals surface area contributed by atoms with Crippen LogP contribution in [0.5, 0.6) is 0 Å². The Morgan fingerprint density at radius 1 is 1.42 bits per heavy atom. The van der Waals surface area contributed by atoms with E-state index in [0.29, 0.717) is 0 Å². The van der Waals surface area contributed by atoms with Gasteiger partial charge in [-0.15, -0.1) is 0 Å². The summed E-state index contributed by atoms with van der Waals surface area (Å²) in [6, 6.07) is 0. The van der Waals surface area contributed by atoms with E-state index in [0.717, 1.165) is 6.42 Å². The minimum absolute atomic E-state index is 0.00264. The normalized spacial score (nSPS) is 44.8. The van der Waals surface area contributed by atoms with E-state index in [9.17, 15) is 0 Å². The van der Waals surface area contributed by atoms with Crippen molar-refractivity contribution >= 4 is 0 Å². The first-order chi connectivity index (χ1) is 5.61. The van der Waals surface area contributed by atoms with Crippen molar-refractivity contribution in [1.82, 2.24) is 0 Å². The number of ether oxygens (including phenoxy) is 3. The fourth-order valence-corrected chi connectivity index (χ4v) is 1.70. The van der Waals surface area contributed by atoms with Crippen molar-refractivity contribution in [3.63, 3.8) is 0 Å². The molecule has 0 bridgehead atoms. The van der Waals surface area contributed by atoms with Crippen LogP contribution in [0, 0.1) is 0 Å². The second-order valence-electron chi connectivity index (χ2n) is 3.72. The second-order valence-corrected chi connectivity index (χ2v) is 3.72. The monoisotopic (exact) mass is 174 g/mol. The molecule has 4 nitrogen and oxygen atoms in total. The lowest BCUT2D eigenvalue weighted by Gasteiger charge is -2.19. The molecule has 1 N–H and O–H groups in total. The highest BCUT2D eigenvalue weighted by molar-refractivity contribution is 4.84. The van der Waals surface area contributed by atoms with Crippen molar-refractivity contribution in [2.75, 3.05) is 6.61 Å². The molecule has 2 heterocycles. The molecule has 0 saturated carbocycles. The third-order valence-corrected chi connectivity index (χ3v) is 2.16. The Balaban J connectivity index is 1.97. The van der Waals surface area contributed by atoms with Crippen molar-refractivity contribution in [1.29, 1.82) is 0 Å². The first kappa shape index (κ1) is 8.44. The topological polar surface area (TPSA) is 47.9 Å². The maximum Gasteiger partial charge on any atom is 0.187 e. The summed E-state index contributed by atoms with van der Waals surface area (Å²) in [5.41, 5.74) is 0. The van der Waals surface area contributed by atoms with Crippen LogP contribution in [0.3, 0.4) is 0 Å². The fourth-order valence-electron chi connectivity index (χ4n) is 1.70. The van der Waals surface area contributed by atoms with Gasteiger partial charge in [0.25, 0.3) is 0 Å². The third-order valence-electron chi connectivity index (χ3n) is 2.16. The SMILES string of the molecule is CC1(C)O[C@H]2O[C@H](CO)C[C@H]2O1. The summed E-state index contributed by atoms with van der Waals surface area (Å²) in [6.45, 7) is 3.77. The van der Waals surface area contributed by atoms with Gasteiger partial charge in [0.2, 0.25) is 0 Å². The van der Waals surface area contributed by atoms with Crippen molar-refractivity contribution in [3.8, 4) is 0 Å². The molecule has 2 rings (SSSR count). The van der Waals surface area contributed by atoms with Gasteiger partial charge in [-0.05, 0) is 13.8 Å². The standard InChI is InChI=1S/C8H14O4/c1-8(2)11-6-3-5(4-9)10-7(6)12-8/h5-7,9H,3-4H2,1-2H3/t5-,6+,7+/m0/s1. The Morgan fingerprint density at radius 3 is 2.75 bits per heavy atom. The van der Waals surface area contributed by atoms with Crippen LogP contribution < -0.4 is 0 Å². The lowest BCUT2D eigenvalue weighted by atomic mass is 10.2. The number of rotatable bonds is 1. The number of hydrogen-bond donors (Lipinski definition) is 1. The van der Waals surface area contributed by atoms with Gasteiger partial charge in [-0.25, -0.2) is 0 Å². The molecule has 70 valence electrons. The van der Waals surface area contributed by atoms with Gasteiger partial charge >= 0.3 is 0 Å². The fraction of sp³-hybridized carbons (Fsp3) is 1.00. The minimum atomic E-state index is -0.532. The van der Waals surface area contributed by atoms with Crippen LogP contribution in [-0.4, -0.2) is 36.0 Å². The van der Waals surface area contributed by atoms with Crippen LogP contribution >= 0.6 is 0 Å². The van der Waals surface area contributed by atoms with Gasteiger partial charge in [-0.2, -0.15) is 0 Å². The van der Waals surface area contributed by atoms with Crippen LogP contribution in [-0.2, 0) is 14.2 Å². The molecule has 0 aromatic heterocycles. The van der Waals surface area contributed by atoms with Crippen molar-refractivity contribution in [2.24, 2.45) is 0 Å². The van der Waals surface area contributed by atoms with Gasteiger partial charge < -0.3 is 19.3 Å². The van der Waals surface area contributed by atoms with Crippen LogP contribution in [0.25, 0.3) is 0 Å². The third kappa shape index (κ3) is 1.35. The molecule has 4 heteroatoms. The molecule has 0 aliphatic carbocycles. The summed E-state index contributed by atoms with van der Waals surface area (Å²) in [5.74, 6) is -0.532. The van der Waals surface area contributed by atoms with Crippen molar-refractivity contribution in [3.05, 3.63) is 0 Å². The number of hydrogen-bond acceptors (Lipinski definition) is 4. The van der Waals surface area contributed by atoms with E-state index in [1.54, 1.807) is 0 Å². The molecular formula is C8H14O4. The molecule has 0 aromatic carbocycles. The van der Waals surface area contributed by atoms with E-state index in [2.05, 4.69) is 0 Å². The van der Waals surface area contributed by atoms with Gasteiger partial charge in [-0.1, -0.05) is 0 Å². The predicted molar refractivity (Wildman–Crippen MR) is 40.4 cm³/mol. The lowest BCUT2D eigenvalue weighted by Crippen LogP contribution is -2.25. The molecule has 12 heavy (non-hydrogen) atoms. The van der Waals surface area contributed by atoms with E-state index >= 15 is 0 Å². The summed E-state index contributed by atoms with van der Waals surface area (Å²) in [6.07, 6.45) is 0.329. The smallest absolute Gasteiger partial charge is 0.187 e. The van der Waals surface area contributed by atoms with E-state index in [4.69, 9.17) is 19.3 Å². The average Bonchev–Trinajstić information content (AvgIpc) is 2.40. The zero-order valence-corrected chi connectivity index (χ0v) is 7.32. The Bertz CT molecular complexity index is 164. The molecule has 0 radical (unpaired) electrons. The van der Waals surface area contributed by atoms with E-state index in [-0.39, 0.29) is 25.1 Å². The number of aliphatic hydroxyl groups excluding tert-OH is 1. The van der Waals surface area contributed by atoms with Gasteiger partial charge in [0.05, 0.1) is 12.7 Å². The summed E-state index contributed by atoms with van der Waals surface area (Å²) >= 11 is 0. The summed E-state index contributed by atoms with van der Waals surface area (Å²) in [5, 5.41) is 8.82. The molecular weight excluding hydrogens is 160 g/mol. The first-order valence-electron chi connectivity index (χ1n) is 4.23. The molecule has 0 spiro atoms. The van der Waals surface area contributed by atoms with Crippen molar-refractivity contribution < 1.29 is 19.3 Å². The molecule has 0 amide bonds. The maximum atomic E-state index is 8.82. The second kappa shape index (κ2) is 2.67. The Labute approximate surface area is 71.4 Å². The maximum absolute atomic E-state index is 8.82. The molecule has 2 fully saturated rings. The highest BCUT2D eigenvalue weighted by Crippen LogP contribution is 2.36. The molecule has 2 aliphatic rings. The van der Waals surface area contributed by atoms with E-state index in [1.807, 2.05) is 13.8 Å². The van der Waals surface area contributed by atoms with Gasteiger partial charge in [0, 0.05) is 6.42 Å². The molecule has 2 aliphatic heterocycles. The quantitative estimate of drug-likeness (QED) is 0.619. The largest absolute Gasteiger partial charge is 0.394 e. The Morgan fingerprint density at radius 2 is 2.17 bits per heavy atom. The van der Waals surface area contributed by atoms with Crippen LogP contribution in [0.2, 0.25) is 0 Å². The first-order valence-corrected chi connectivity index (χ1v) is 4.23. The van der Waals surface area contributed by atoms with Crippen LogP contribution in [0.4, 0.5) is 0 Å². The summed E-state index contributed by atoms with van der Waals surface area (Å²) < 4.78 is 16.4. The van der Waals surface area contributed by atoms with Gasteiger partial charge in [0.1, 0.15) is 6.10 Å². The van der Waals surface area contributed by atoms with Crippen LogP contribution in [0.15, 0.2) is 0 Å². The molecule has 0 unspecified atom stereocenters. The zero-order valence-electron chi connectivity index (χ0n) is 7.32. The highest BCUT2D eigenvalue weighted by atomic mass is 16.8. The van der Waals surface area contributed by atoms with Crippen LogP contribution in [0.1, 0.15) is 20.3 Å². The van der Waals surface area contributed by atoms with E-state index in [1.165, 1.54) is 0 Å². The number of aliphatic hydroxyl groups is 1. The van der Waals surface area contributed by atoms with Crippen molar-refractivity contribution in [2.45, 2.75) is 44.6 Å². The Kier molecular flexibility index (Phi) is 1.88. The van der Waals surface area contributed by atoms with Gasteiger partial charge in [0.15, 0.2) is 12.1 Å². The molecule has 2 saturated heterocycles. The average molecular weight is 174 g/mol. The zero-order chi connectivity index (χ0) is 8.77. The predicted octanol–water partition coefficient (Wildman–Crippen LogP) is 0.245. The van der Waals surface area contributed by atoms with Gasteiger partial charge in [-0.3, -0.25) is 0 Å². The van der Waals surface area contributed by atoms with E-state index < -0.39 is 5.79 Å². The minimum Gasteiger partial charge on any atom is -0.394 e. The lowest BCUT2D eigenvalue weighted by molar-refractivity contribution is -0.207.